The largest absolute Gasteiger partial charge is 0.324 e. The lowest BCUT2D eigenvalue weighted by Crippen LogP contribution is -2.39. The Morgan fingerprint density at radius 1 is 1.45 bits per heavy atom. The van der Waals surface area contributed by atoms with Crippen LogP contribution in [-0.4, -0.2) is 5.54 Å². The molecule has 1 heteroatoms. The predicted molar refractivity (Wildman–Crippen MR) is 49.4 cm³/mol. The summed E-state index contributed by atoms with van der Waals surface area (Å²) in [4.78, 5) is 0. The second-order valence-corrected chi connectivity index (χ2v) is 4.98. The molecule has 2 unspecified atom stereocenters. The monoisotopic (exact) mass is 155 g/mol. The highest BCUT2D eigenvalue weighted by atomic mass is 14.9. The molecule has 1 rings (SSSR count). The van der Waals surface area contributed by atoms with Crippen molar-refractivity contribution in [2.24, 2.45) is 17.1 Å². The van der Waals surface area contributed by atoms with Gasteiger partial charge in [-0.15, -0.1) is 0 Å². The van der Waals surface area contributed by atoms with Crippen LogP contribution in [0.2, 0.25) is 0 Å². The van der Waals surface area contributed by atoms with Crippen LogP contribution in [0.15, 0.2) is 0 Å². The Bertz CT molecular complexity index is 145. The zero-order chi connectivity index (χ0) is 8.70. The SMILES string of the molecule is CCCC1CC1(N)C(C)(C)C. The first-order valence-corrected chi connectivity index (χ1v) is 4.70. The first-order chi connectivity index (χ1) is 4.92. The third-order valence-corrected chi connectivity index (χ3v) is 3.19. The van der Waals surface area contributed by atoms with Crippen LogP contribution >= 0.6 is 0 Å². The molecule has 0 aromatic carbocycles. The van der Waals surface area contributed by atoms with E-state index in [2.05, 4.69) is 27.7 Å². The fourth-order valence-electron chi connectivity index (χ4n) is 1.98. The Labute approximate surface area is 70.4 Å². The highest BCUT2D eigenvalue weighted by Crippen LogP contribution is 2.54. The maximum Gasteiger partial charge on any atom is 0.0236 e. The predicted octanol–water partition coefficient (Wildman–Crippen LogP) is 2.55. The van der Waals surface area contributed by atoms with Gasteiger partial charge in [0.15, 0.2) is 0 Å². The number of rotatable bonds is 2. The van der Waals surface area contributed by atoms with Crippen molar-refractivity contribution in [2.75, 3.05) is 0 Å². The summed E-state index contributed by atoms with van der Waals surface area (Å²) < 4.78 is 0. The lowest BCUT2D eigenvalue weighted by molar-refractivity contribution is 0.276. The Morgan fingerprint density at radius 2 is 2.00 bits per heavy atom. The second-order valence-electron chi connectivity index (χ2n) is 4.98. The summed E-state index contributed by atoms with van der Waals surface area (Å²) >= 11 is 0. The summed E-state index contributed by atoms with van der Waals surface area (Å²) in [6.07, 6.45) is 3.83. The molecule has 0 aromatic rings. The average Bonchev–Trinajstić information content (AvgIpc) is 2.43. The Balaban J connectivity index is 2.49. The molecular formula is C10H21N. The maximum atomic E-state index is 6.25. The molecule has 11 heavy (non-hydrogen) atoms. The molecule has 0 aromatic heterocycles. The number of hydrogen-bond acceptors (Lipinski definition) is 1. The van der Waals surface area contributed by atoms with E-state index in [-0.39, 0.29) is 5.54 Å². The third-order valence-electron chi connectivity index (χ3n) is 3.19. The van der Waals surface area contributed by atoms with Gasteiger partial charge in [-0.2, -0.15) is 0 Å². The molecule has 1 aliphatic carbocycles. The molecule has 66 valence electrons. The molecule has 1 aliphatic rings. The minimum Gasteiger partial charge on any atom is -0.324 e. The van der Waals surface area contributed by atoms with E-state index < -0.39 is 0 Å². The molecule has 0 spiro atoms. The summed E-state index contributed by atoms with van der Waals surface area (Å²) in [6, 6.07) is 0. The van der Waals surface area contributed by atoms with Gasteiger partial charge in [0.05, 0.1) is 0 Å². The van der Waals surface area contributed by atoms with Gasteiger partial charge in [-0.3, -0.25) is 0 Å². The molecule has 1 saturated carbocycles. The molecule has 1 fully saturated rings. The van der Waals surface area contributed by atoms with Crippen LogP contribution in [0.4, 0.5) is 0 Å². The first-order valence-electron chi connectivity index (χ1n) is 4.70. The Morgan fingerprint density at radius 3 is 2.27 bits per heavy atom. The van der Waals surface area contributed by atoms with E-state index in [9.17, 15) is 0 Å². The van der Waals surface area contributed by atoms with Crippen molar-refractivity contribution in [3.8, 4) is 0 Å². The molecule has 1 nitrogen and oxygen atoms in total. The maximum absolute atomic E-state index is 6.25. The summed E-state index contributed by atoms with van der Waals surface area (Å²) in [7, 11) is 0. The van der Waals surface area contributed by atoms with Crippen LogP contribution in [0.5, 0.6) is 0 Å². The molecule has 2 atom stereocenters. The summed E-state index contributed by atoms with van der Waals surface area (Å²) in [5.74, 6) is 0.799. The standard InChI is InChI=1S/C10H21N/c1-5-6-8-7-10(8,11)9(2,3)4/h8H,5-7,11H2,1-4H3. The molecule has 0 radical (unpaired) electrons. The molecule has 0 saturated heterocycles. The van der Waals surface area contributed by atoms with E-state index in [0.717, 1.165) is 5.92 Å². The zero-order valence-corrected chi connectivity index (χ0v) is 8.28. The minimum atomic E-state index is 0.156. The van der Waals surface area contributed by atoms with Crippen LogP contribution in [0.1, 0.15) is 47.0 Å². The van der Waals surface area contributed by atoms with E-state index in [1.165, 1.54) is 19.3 Å². The molecule has 0 amide bonds. The Hall–Kier alpha value is -0.0400. The summed E-state index contributed by atoms with van der Waals surface area (Å²) in [5.41, 5.74) is 6.71. The van der Waals surface area contributed by atoms with Gasteiger partial charge in [0.1, 0.15) is 0 Å². The van der Waals surface area contributed by atoms with Crippen LogP contribution < -0.4 is 5.73 Å². The van der Waals surface area contributed by atoms with Crippen LogP contribution in [0.25, 0.3) is 0 Å². The fraction of sp³-hybridized carbons (Fsp3) is 1.00. The molecular weight excluding hydrogens is 134 g/mol. The molecule has 0 aliphatic heterocycles. The highest BCUT2D eigenvalue weighted by molar-refractivity contribution is 5.13. The van der Waals surface area contributed by atoms with Crippen molar-refractivity contribution in [2.45, 2.75) is 52.5 Å². The zero-order valence-electron chi connectivity index (χ0n) is 8.28. The van der Waals surface area contributed by atoms with E-state index in [1.807, 2.05) is 0 Å². The van der Waals surface area contributed by atoms with Crippen molar-refractivity contribution in [3.05, 3.63) is 0 Å². The minimum absolute atomic E-state index is 0.156. The smallest absolute Gasteiger partial charge is 0.0236 e. The van der Waals surface area contributed by atoms with Gasteiger partial charge >= 0.3 is 0 Å². The van der Waals surface area contributed by atoms with Crippen molar-refractivity contribution >= 4 is 0 Å². The molecule has 0 heterocycles. The third kappa shape index (κ3) is 1.44. The van der Waals surface area contributed by atoms with Gasteiger partial charge in [-0.05, 0) is 24.2 Å². The first kappa shape index (κ1) is 9.05. The van der Waals surface area contributed by atoms with Crippen LogP contribution in [-0.2, 0) is 0 Å². The van der Waals surface area contributed by atoms with E-state index in [1.54, 1.807) is 0 Å². The normalized spacial score (nSPS) is 37.4. The quantitative estimate of drug-likeness (QED) is 0.651. The van der Waals surface area contributed by atoms with Gasteiger partial charge in [0.2, 0.25) is 0 Å². The molecule has 2 N–H and O–H groups in total. The lowest BCUT2D eigenvalue weighted by atomic mass is 9.82. The number of hydrogen-bond donors (Lipinski definition) is 1. The van der Waals surface area contributed by atoms with Crippen molar-refractivity contribution in [1.82, 2.24) is 0 Å². The topological polar surface area (TPSA) is 26.0 Å². The van der Waals surface area contributed by atoms with Crippen molar-refractivity contribution < 1.29 is 0 Å². The van der Waals surface area contributed by atoms with Crippen molar-refractivity contribution in [1.29, 1.82) is 0 Å². The lowest BCUT2D eigenvalue weighted by Gasteiger charge is -2.28. The second kappa shape index (κ2) is 2.48. The summed E-state index contributed by atoms with van der Waals surface area (Å²) in [6.45, 7) is 9.00. The van der Waals surface area contributed by atoms with E-state index in [4.69, 9.17) is 5.73 Å². The van der Waals surface area contributed by atoms with Gasteiger partial charge < -0.3 is 5.73 Å². The molecule has 0 bridgehead atoms. The Kier molecular flexibility index (Phi) is 2.04. The van der Waals surface area contributed by atoms with Gasteiger partial charge in [-0.1, -0.05) is 34.1 Å². The van der Waals surface area contributed by atoms with E-state index in [0.29, 0.717) is 5.41 Å². The van der Waals surface area contributed by atoms with Crippen LogP contribution in [0, 0.1) is 11.3 Å². The van der Waals surface area contributed by atoms with Crippen LogP contribution in [0.3, 0.4) is 0 Å². The van der Waals surface area contributed by atoms with Gasteiger partial charge in [-0.25, -0.2) is 0 Å². The summed E-state index contributed by atoms with van der Waals surface area (Å²) in [5, 5.41) is 0. The van der Waals surface area contributed by atoms with Crippen molar-refractivity contribution in [3.63, 3.8) is 0 Å². The fourth-order valence-corrected chi connectivity index (χ4v) is 1.98. The average molecular weight is 155 g/mol. The van der Waals surface area contributed by atoms with Gasteiger partial charge in [0, 0.05) is 5.54 Å². The van der Waals surface area contributed by atoms with E-state index >= 15 is 0 Å². The highest BCUT2D eigenvalue weighted by Gasteiger charge is 2.57. The van der Waals surface area contributed by atoms with Gasteiger partial charge in [0.25, 0.3) is 0 Å². The number of nitrogens with two attached hydrogens (primary N) is 1.